The summed E-state index contributed by atoms with van der Waals surface area (Å²) in [4.78, 5) is 29.0. The van der Waals surface area contributed by atoms with E-state index < -0.39 is 17.4 Å². The van der Waals surface area contributed by atoms with Gasteiger partial charge in [0.2, 0.25) is 5.13 Å². The summed E-state index contributed by atoms with van der Waals surface area (Å²) in [7, 11) is 0. The first-order valence-corrected chi connectivity index (χ1v) is 8.53. The number of fused-ring (bicyclic) bond motifs is 1. The molecule has 0 fully saturated rings. The molecule has 0 radical (unpaired) electrons. The smallest absolute Gasteiger partial charge is 0.280 e. The van der Waals surface area contributed by atoms with Gasteiger partial charge in [-0.1, -0.05) is 23.5 Å². The van der Waals surface area contributed by atoms with Crippen molar-refractivity contribution in [2.45, 2.75) is 12.5 Å². The van der Waals surface area contributed by atoms with Crippen LogP contribution in [0.25, 0.3) is 10.6 Å². The average molecular weight is 367 g/mol. The molecule has 1 atom stereocenters. The number of carbonyl (C=O) groups excluding carboxylic acids is 2. The molecule has 1 aromatic carbocycles. The van der Waals surface area contributed by atoms with Crippen molar-refractivity contribution in [3.05, 3.63) is 48.8 Å². The van der Waals surface area contributed by atoms with Crippen molar-refractivity contribution in [3.63, 3.8) is 0 Å². The third-order valence-electron chi connectivity index (χ3n) is 3.89. The van der Waals surface area contributed by atoms with Crippen molar-refractivity contribution in [1.29, 1.82) is 0 Å². The largest absolute Gasteiger partial charge is 0.466 e. The fraction of sp³-hybridized carbons (Fsp3) is 0.118. The molecule has 0 bridgehead atoms. The van der Waals surface area contributed by atoms with E-state index in [0.717, 1.165) is 5.56 Å². The molecule has 1 unspecified atom stereocenters. The van der Waals surface area contributed by atoms with Gasteiger partial charge in [0.25, 0.3) is 17.4 Å². The van der Waals surface area contributed by atoms with Crippen LogP contribution in [0, 0.1) is 0 Å². The molecular formula is C17H13N5O3S. The highest BCUT2D eigenvalue weighted by molar-refractivity contribution is 7.18. The van der Waals surface area contributed by atoms with Gasteiger partial charge in [0, 0.05) is 18.0 Å². The van der Waals surface area contributed by atoms with Gasteiger partial charge >= 0.3 is 0 Å². The first-order chi connectivity index (χ1) is 12.6. The van der Waals surface area contributed by atoms with Crippen LogP contribution in [0.2, 0.25) is 0 Å². The van der Waals surface area contributed by atoms with Gasteiger partial charge in [0.15, 0.2) is 0 Å². The number of carbonyl (C=O) groups is 2. The molecule has 1 aliphatic rings. The second kappa shape index (κ2) is 6.19. The molecule has 2 aromatic heterocycles. The maximum Gasteiger partial charge on any atom is 0.280 e. The maximum atomic E-state index is 12.7. The van der Waals surface area contributed by atoms with E-state index in [1.54, 1.807) is 48.8 Å². The Bertz CT molecular complexity index is 991. The lowest BCUT2D eigenvalue weighted by Crippen LogP contribution is -2.56. The molecule has 1 aliphatic heterocycles. The summed E-state index contributed by atoms with van der Waals surface area (Å²) in [5.41, 5.74) is -0.347. The minimum Gasteiger partial charge on any atom is -0.466 e. The number of hydrogen-bond donors (Lipinski definition) is 2. The van der Waals surface area contributed by atoms with Crippen LogP contribution >= 0.6 is 11.3 Å². The number of anilines is 2. The summed E-state index contributed by atoms with van der Waals surface area (Å²) in [5.74, 6) is -0.742. The van der Waals surface area contributed by atoms with Crippen molar-refractivity contribution in [3.8, 4) is 16.3 Å². The van der Waals surface area contributed by atoms with Crippen molar-refractivity contribution in [2.75, 3.05) is 10.6 Å². The highest BCUT2D eigenvalue weighted by Gasteiger charge is 2.47. The molecule has 3 aromatic rings. The molecule has 3 heterocycles. The predicted octanol–water partition coefficient (Wildman–Crippen LogP) is 2.33. The third kappa shape index (κ3) is 2.78. The van der Waals surface area contributed by atoms with Crippen molar-refractivity contribution in [2.24, 2.45) is 0 Å². The van der Waals surface area contributed by atoms with E-state index in [2.05, 4.69) is 25.8 Å². The SMILES string of the molecule is CC1(C(=O)Nc2nnc(-c3ccncc3)s2)Oc2ccccc2NC1=O. The third-order valence-corrected chi connectivity index (χ3v) is 4.78. The molecule has 8 nitrogen and oxygen atoms in total. The van der Waals surface area contributed by atoms with Gasteiger partial charge in [-0.15, -0.1) is 10.2 Å². The van der Waals surface area contributed by atoms with E-state index >= 15 is 0 Å². The lowest BCUT2D eigenvalue weighted by atomic mass is 10.0. The Morgan fingerprint density at radius 3 is 2.77 bits per heavy atom. The number of rotatable bonds is 3. The summed E-state index contributed by atoms with van der Waals surface area (Å²) in [5, 5.41) is 14.2. The van der Waals surface area contributed by atoms with E-state index in [9.17, 15) is 9.59 Å². The molecule has 130 valence electrons. The van der Waals surface area contributed by atoms with Gasteiger partial charge in [-0.25, -0.2) is 0 Å². The second-order valence-electron chi connectivity index (χ2n) is 5.69. The van der Waals surface area contributed by atoms with Gasteiger partial charge in [-0.2, -0.15) is 0 Å². The number of ether oxygens (including phenoxy) is 1. The zero-order chi connectivity index (χ0) is 18.1. The Labute approximate surface area is 152 Å². The first kappa shape index (κ1) is 16.2. The number of aromatic nitrogens is 3. The number of nitrogens with one attached hydrogen (secondary N) is 2. The monoisotopic (exact) mass is 367 g/mol. The van der Waals surface area contributed by atoms with E-state index in [1.165, 1.54) is 18.3 Å². The molecule has 26 heavy (non-hydrogen) atoms. The first-order valence-electron chi connectivity index (χ1n) is 7.71. The molecule has 2 N–H and O–H groups in total. The van der Waals surface area contributed by atoms with Gasteiger partial charge < -0.3 is 10.1 Å². The lowest BCUT2D eigenvalue weighted by molar-refractivity contribution is -0.143. The molecule has 2 amide bonds. The average Bonchev–Trinajstić information content (AvgIpc) is 3.12. The Morgan fingerprint density at radius 2 is 1.96 bits per heavy atom. The quantitative estimate of drug-likeness (QED) is 0.688. The lowest BCUT2D eigenvalue weighted by Gasteiger charge is -2.32. The summed E-state index contributed by atoms with van der Waals surface area (Å²) in [6.45, 7) is 1.42. The van der Waals surface area contributed by atoms with Crippen LogP contribution < -0.4 is 15.4 Å². The molecule has 0 saturated heterocycles. The number of para-hydroxylation sites is 2. The van der Waals surface area contributed by atoms with Crippen LogP contribution in [-0.2, 0) is 9.59 Å². The summed E-state index contributed by atoms with van der Waals surface area (Å²) in [6, 6.07) is 10.5. The van der Waals surface area contributed by atoms with Crippen molar-refractivity contribution in [1.82, 2.24) is 15.2 Å². The second-order valence-corrected chi connectivity index (χ2v) is 6.67. The summed E-state index contributed by atoms with van der Waals surface area (Å²) in [6.07, 6.45) is 3.29. The molecule has 0 aliphatic carbocycles. The Balaban J connectivity index is 1.55. The Morgan fingerprint density at radius 1 is 1.19 bits per heavy atom. The van der Waals surface area contributed by atoms with Crippen molar-refractivity contribution >= 4 is 34.0 Å². The van der Waals surface area contributed by atoms with Gasteiger partial charge in [0.1, 0.15) is 10.8 Å². The van der Waals surface area contributed by atoms with Gasteiger partial charge in [-0.3, -0.25) is 19.9 Å². The van der Waals surface area contributed by atoms with Crippen molar-refractivity contribution < 1.29 is 14.3 Å². The number of amides is 2. The fourth-order valence-electron chi connectivity index (χ4n) is 2.42. The Kier molecular flexibility index (Phi) is 3.85. The van der Waals surface area contributed by atoms with Crippen LogP contribution in [0.15, 0.2) is 48.8 Å². The van der Waals surface area contributed by atoms with Gasteiger partial charge in [-0.05, 0) is 31.2 Å². The van der Waals surface area contributed by atoms with Crippen LogP contribution in [0.5, 0.6) is 5.75 Å². The number of benzene rings is 1. The highest BCUT2D eigenvalue weighted by atomic mass is 32.1. The standard InChI is InChI=1S/C17H13N5O3S/c1-17(14(23)19-11-4-2-3-5-12(11)25-17)15(24)20-16-22-21-13(26-16)10-6-8-18-9-7-10/h2-9H,1H3,(H,19,23)(H,20,22,24). The number of nitrogens with zero attached hydrogens (tertiary/aromatic N) is 3. The maximum absolute atomic E-state index is 12.7. The summed E-state index contributed by atoms with van der Waals surface area (Å²) < 4.78 is 5.68. The fourth-order valence-corrected chi connectivity index (χ4v) is 3.16. The molecule has 0 saturated carbocycles. The van der Waals surface area contributed by atoms with E-state index in [4.69, 9.17) is 4.74 Å². The summed E-state index contributed by atoms with van der Waals surface area (Å²) >= 11 is 1.19. The molecule has 0 spiro atoms. The zero-order valence-corrected chi connectivity index (χ0v) is 14.4. The van der Waals surface area contributed by atoms with E-state index in [-0.39, 0.29) is 5.13 Å². The molecular weight excluding hydrogens is 354 g/mol. The molecule has 4 rings (SSSR count). The van der Waals surface area contributed by atoms with Crippen LogP contribution in [0.1, 0.15) is 6.92 Å². The van der Waals surface area contributed by atoms with E-state index in [1.807, 2.05) is 0 Å². The van der Waals surface area contributed by atoms with Gasteiger partial charge in [0.05, 0.1) is 5.69 Å². The van der Waals surface area contributed by atoms with Crippen LogP contribution in [-0.4, -0.2) is 32.6 Å². The minimum absolute atomic E-state index is 0.276. The normalized spacial score (nSPS) is 18.4. The Hall–Kier alpha value is -3.33. The predicted molar refractivity (Wildman–Crippen MR) is 95.9 cm³/mol. The van der Waals surface area contributed by atoms with Crippen LogP contribution in [0.4, 0.5) is 10.8 Å². The molecule has 9 heteroatoms. The minimum atomic E-state index is -1.71. The van der Waals surface area contributed by atoms with Crippen LogP contribution in [0.3, 0.4) is 0 Å². The highest BCUT2D eigenvalue weighted by Crippen LogP contribution is 2.34. The number of pyridine rings is 1. The van der Waals surface area contributed by atoms with E-state index in [0.29, 0.717) is 16.4 Å². The topological polar surface area (TPSA) is 106 Å². The zero-order valence-electron chi connectivity index (χ0n) is 13.6. The number of hydrogen-bond acceptors (Lipinski definition) is 7.